The molecule has 4 nitrogen and oxygen atoms in total. The van der Waals surface area contributed by atoms with E-state index in [4.69, 9.17) is 9.47 Å². The largest absolute Gasteiger partial charge is 1.00 e. The molecule has 5 heteroatoms. The van der Waals surface area contributed by atoms with Crippen molar-refractivity contribution in [2.45, 2.75) is 73.2 Å². The van der Waals surface area contributed by atoms with Gasteiger partial charge in [0.2, 0.25) is 0 Å². The number of hydrogen-bond donors (Lipinski definition) is 0. The van der Waals surface area contributed by atoms with Crippen molar-refractivity contribution in [1.82, 2.24) is 0 Å². The van der Waals surface area contributed by atoms with E-state index in [1.54, 1.807) is 7.11 Å². The molecule has 0 radical (unpaired) electrons. The van der Waals surface area contributed by atoms with E-state index in [1.165, 1.54) is 6.92 Å². The maximum absolute atomic E-state index is 9.26. The number of ether oxygens (including phenoxy) is 2. The van der Waals surface area contributed by atoms with E-state index in [1.807, 2.05) is 0 Å². The van der Waals surface area contributed by atoms with Crippen LogP contribution in [0.4, 0.5) is 0 Å². The normalized spacial score (nSPS) is 32.0. The van der Waals surface area contributed by atoms with Crippen LogP contribution in [0, 0.1) is 11.8 Å². The van der Waals surface area contributed by atoms with Gasteiger partial charge in [0, 0.05) is 13.1 Å². The van der Waals surface area contributed by atoms with E-state index in [0.29, 0.717) is 17.9 Å². The Balaban J connectivity index is -0.000000361. The third-order valence-electron chi connectivity index (χ3n) is 3.81. The smallest absolute Gasteiger partial charge is 0.550 e. The average molecular weight is 298 g/mol. The topological polar surface area (TPSA) is 58.6 Å². The zero-order valence-electron chi connectivity index (χ0n) is 13.4. The number of methoxy groups -OCH3 is 1. The Hall–Kier alpha value is 0.390. The van der Waals surface area contributed by atoms with Gasteiger partial charge in [-0.1, -0.05) is 35.1 Å². The minimum atomic E-state index is -0.995. The van der Waals surface area contributed by atoms with Crippen LogP contribution in [-0.2, 0) is 14.3 Å². The summed E-state index contributed by atoms with van der Waals surface area (Å²) in [5.74, 6) is 0.191. The third kappa shape index (κ3) is 7.99. The molecule has 0 bridgehead atoms. The summed E-state index contributed by atoms with van der Waals surface area (Å²) in [6, 6.07) is 0. The molecule has 1 rings (SSSR count). The van der Waals surface area contributed by atoms with Crippen LogP contribution in [0.5, 0.6) is 0 Å². The summed E-state index contributed by atoms with van der Waals surface area (Å²) in [4.78, 5) is 9.26. The molecule has 1 heterocycles. The second-order valence-electron chi connectivity index (χ2n) is 4.93. The van der Waals surface area contributed by atoms with E-state index < -0.39 is 5.97 Å². The number of carboxylic acids is 1. The number of hydrogen-bond acceptors (Lipinski definition) is 4. The molecule has 0 aliphatic carbocycles. The fraction of sp³-hybridized carbons (Fsp3) is 0.933. The first-order chi connectivity index (χ1) is 8.38. The molecule has 0 aromatic rings. The zero-order chi connectivity index (χ0) is 14.3. The maximum Gasteiger partial charge on any atom is 1.00 e. The van der Waals surface area contributed by atoms with Crippen LogP contribution in [0.25, 0.3) is 0 Å². The predicted molar refractivity (Wildman–Crippen MR) is 75.8 cm³/mol. The second-order valence-corrected chi connectivity index (χ2v) is 4.93. The van der Waals surface area contributed by atoms with Crippen molar-refractivity contribution in [3.8, 4) is 0 Å². The Bertz CT molecular complexity index is 246. The van der Waals surface area contributed by atoms with Crippen molar-refractivity contribution in [3.05, 3.63) is 0 Å². The van der Waals surface area contributed by atoms with Gasteiger partial charge >= 0.3 is 29.6 Å². The van der Waals surface area contributed by atoms with E-state index in [0.717, 1.165) is 6.42 Å². The first kappa shape index (κ1) is 25.3. The second kappa shape index (κ2) is 13.1. The van der Waals surface area contributed by atoms with E-state index in [-0.39, 0.29) is 55.6 Å². The predicted octanol–water partition coefficient (Wildman–Crippen LogP) is -0.743. The molecule has 0 aromatic carbocycles. The molecule has 5 atom stereocenters. The quantitative estimate of drug-likeness (QED) is 0.644. The maximum atomic E-state index is 9.26. The molecule has 0 saturated carbocycles. The Morgan fingerprint density at radius 1 is 1.20 bits per heavy atom. The summed E-state index contributed by atoms with van der Waals surface area (Å²) >= 11 is 0. The summed E-state index contributed by atoms with van der Waals surface area (Å²) < 4.78 is 11.4. The van der Waals surface area contributed by atoms with E-state index in [2.05, 4.69) is 27.7 Å². The number of carboxylic acid groups (broad SMARTS) is 1. The summed E-state index contributed by atoms with van der Waals surface area (Å²) in [6.07, 6.45) is 2.08. The van der Waals surface area contributed by atoms with Gasteiger partial charge in [0.05, 0.1) is 18.3 Å². The van der Waals surface area contributed by atoms with Crippen LogP contribution in [0.1, 0.15) is 54.9 Å². The zero-order valence-corrected chi connectivity index (χ0v) is 15.4. The van der Waals surface area contributed by atoms with Gasteiger partial charge in [-0.15, -0.1) is 0 Å². The molecule has 1 fully saturated rings. The molecule has 116 valence electrons. The van der Waals surface area contributed by atoms with Crippen LogP contribution < -0.4 is 34.7 Å². The van der Waals surface area contributed by atoms with Gasteiger partial charge in [-0.2, -0.15) is 0 Å². The summed E-state index contributed by atoms with van der Waals surface area (Å²) in [5, 5.41) is 9.26. The molecule has 20 heavy (non-hydrogen) atoms. The minimum absolute atomic E-state index is 0. The van der Waals surface area contributed by atoms with Crippen molar-refractivity contribution in [2.24, 2.45) is 11.8 Å². The van der Waals surface area contributed by atoms with E-state index in [9.17, 15) is 9.90 Å². The Morgan fingerprint density at radius 2 is 1.65 bits per heavy atom. The first-order valence-corrected chi connectivity index (χ1v) is 6.77. The van der Waals surface area contributed by atoms with Crippen molar-refractivity contribution >= 4 is 5.97 Å². The fourth-order valence-electron chi connectivity index (χ4n) is 2.24. The van der Waals surface area contributed by atoms with Gasteiger partial charge < -0.3 is 19.4 Å². The molecule has 5 unspecified atom stereocenters. The number of aliphatic carboxylic acids is 1. The van der Waals surface area contributed by atoms with Gasteiger partial charge in [-0.05, 0) is 31.6 Å². The Morgan fingerprint density at radius 3 is 1.95 bits per heavy atom. The SMILES string of the molecule is C.CCC(=O)[O-].CCC1OC(C)C(C)C(C)C1OC.[Na+]. The molecule has 0 amide bonds. The third-order valence-corrected chi connectivity index (χ3v) is 3.81. The van der Waals surface area contributed by atoms with Crippen LogP contribution in [0.15, 0.2) is 0 Å². The van der Waals surface area contributed by atoms with Crippen molar-refractivity contribution in [3.63, 3.8) is 0 Å². The number of carbonyl (C=O) groups excluding carboxylic acids is 1. The molecular formula is C15H31NaO4. The van der Waals surface area contributed by atoms with Crippen LogP contribution >= 0.6 is 0 Å². The van der Waals surface area contributed by atoms with Gasteiger partial charge in [-0.25, -0.2) is 0 Å². The van der Waals surface area contributed by atoms with Gasteiger partial charge in [0.25, 0.3) is 0 Å². The molecule has 1 aliphatic rings. The van der Waals surface area contributed by atoms with E-state index >= 15 is 0 Å². The van der Waals surface area contributed by atoms with Crippen molar-refractivity contribution in [1.29, 1.82) is 0 Å². The monoisotopic (exact) mass is 298 g/mol. The number of rotatable bonds is 3. The van der Waals surface area contributed by atoms with Crippen molar-refractivity contribution < 1.29 is 48.9 Å². The summed E-state index contributed by atoms with van der Waals surface area (Å²) in [5.41, 5.74) is 0. The summed E-state index contributed by atoms with van der Waals surface area (Å²) in [7, 11) is 1.79. The van der Waals surface area contributed by atoms with Crippen molar-refractivity contribution in [2.75, 3.05) is 7.11 Å². The van der Waals surface area contributed by atoms with Gasteiger partial charge in [-0.3, -0.25) is 0 Å². The summed E-state index contributed by atoms with van der Waals surface area (Å²) in [6.45, 7) is 10.4. The molecule has 0 N–H and O–H groups in total. The van der Waals surface area contributed by atoms with Gasteiger partial charge in [0.1, 0.15) is 0 Å². The molecular weight excluding hydrogens is 267 g/mol. The van der Waals surface area contributed by atoms with Crippen LogP contribution in [0.3, 0.4) is 0 Å². The van der Waals surface area contributed by atoms with Gasteiger partial charge in [0.15, 0.2) is 0 Å². The van der Waals surface area contributed by atoms with Crippen LogP contribution in [-0.4, -0.2) is 31.4 Å². The molecule has 0 aromatic heterocycles. The first-order valence-electron chi connectivity index (χ1n) is 6.77. The molecule has 1 aliphatic heterocycles. The number of carbonyl (C=O) groups is 1. The molecule has 0 spiro atoms. The molecule has 1 saturated heterocycles. The Labute approximate surface area is 146 Å². The van der Waals surface area contributed by atoms with Crippen LogP contribution in [0.2, 0.25) is 0 Å². The standard InChI is InChI=1S/C11H22O2.C3H6O2.CH4.Na/c1-6-10-11(12-5)8(3)7(2)9(4)13-10;1-2-3(4)5;;/h7-11H,6H2,1-5H3;2H2,1H3,(H,4,5);1H4;/q;;;+1/p-1. The fourth-order valence-corrected chi connectivity index (χ4v) is 2.24. The average Bonchev–Trinajstić information content (AvgIpc) is 2.36. The minimum Gasteiger partial charge on any atom is -0.550 e. The Kier molecular flexibility index (Phi) is 16.6.